The van der Waals surface area contributed by atoms with Crippen molar-refractivity contribution in [2.45, 2.75) is 38.8 Å². The number of carboxylic acids is 1. The van der Waals surface area contributed by atoms with Crippen LogP contribution in [0, 0.1) is 0 Å². The van der Waals surface area contributed by atoms with Crippen molar-refractivity contribution in [3.8, 4) is 11.1 Å². The smallest absolute Gasteiger partial charge is 0.475 e. The van der Waals surface area contributed by atoms with Crippen LogP contribution in [0.15, 0.2) is 97.5 Å². The predicted octanol–water partition coefficient (Wildman–Crippen LogP) is 8.11. The number of hydrogen-bond acceptors (Lipinski definition) is 4. The highest BCUT2D eigenvalue weighted by Crippen LogP contribution is 2.37. The van der Waals surface area contributed by atoms with E-state index in [0.717, 1.165) is 44.7 Å². The topological polar surface area (TPSA) is 98.3 Å². The van der Waals surface area contributed by atoms with Crippen LogP contribution in [0.25, 0.3) is 22.0 Å². The minimum atomic E-state index is -5.08. The van der Waals surface area contributed by atoms with Gasteiger partial charge in [-0.05, 0) is 58.5 Å². The number of amides is 1. The third-order valence-corrected chi connectivity index (χ3v) is 7.01. The first-order valence-corrected chi connectivity index (χ1v) is 13.8. The number of rotatable bonds is 6. The summed E-state index contributed by atoms with van der Waals surface area (Å²) in [4.78, 5) is 31.6. The summed E-state index contributed by atoms with van der Waals surface area (Å²) in [5.41, 5.74) is 8.30. The number of aliphatic carboxylic acids is 1. The molecule has 0 aliphatic carbocycles. The first kappa shape index (κ1) is 31.8. The number of nitrogens with zero attached hydrogens (tertiary/aromatic N) is 2. The molecule has 0 radical (unpaired) electrons. The third-order valence-electron chi connectivity index (χ3n) is 7.01. The van der Waals surface area contributed by atoms with Crippen LogP contribution >= 0.6 is 0 Å². The van der Waals surface area contributed by atoms with Gasteiger partial charge in [0.1, 0.15) is 0 Å². The lowest BCUT2D eigenvalue weighted by Crippen LogP contribution is -2.21. The van der Waals surface area contributed by atoms with Crippen molar-refractivity contribution in [2.24, 2.45) is 0 Å². The van der Waals surface area contributed by atoms with E-state index in [-0.39, 0.29) is 11.3 Å². The largest absolute Gasteiger partial charge is 0.490 e. The number of halogens is 3. The number of nitrogens with one attached hydrogen (secondary N) is 2. The number of fused-ring (bicyclic) bond motifs is 1. The minimum Gasteiger partial charge on any atom is -0.475 e. The van der Waals surface area contributed by atoms with E-state index in [1.807, 2.05) is 61.9 Å². The molecular formula is C34H33F3N4O3. The number of aromatic amines is 1. The van der Waals surface area contributed by atoms with Gasteiger partial charge in [0.25, 0.3) is 0 Å². The Morgan fingerprint density at radius 3 is 2.25 bits per heavy atom. The van der Waals surface area contributed by atoms with Crippen LogP contribution in [-0.2, 0) is 21.4 Å². The number of alkyl halides is 3. The molecule has 2 aromatic heterocycles. The molecule has 10 heteroatoms. The van der Waals surface area contributed by atoms with Crippen molar-refractivity contribution in [2.75, 3.05) is 17.3 Å². The molecule has 3 aromatic carbocycles. The number of H-pyrrole nitrogens is 1. The van der Waals surface area contributed by atoms with E-state index >= 15 is 0 Å². The van der Waals surface area contributed by atoms with Gasteiger partial charge >= 0.3 is 12.1 Å². The van der Waals surface area contributed by atoms with Gasteiger partial charge < -0.3 is 20.3 Å². The maximum absolute atomic E-state index is 13.0. The molecule has 0 fully saturated rings. The van der Waals surface area contributed by atoms with Crippen molar-refractivity contribution in [1.29, 1.82) is 0 Å². The highest BCUT2D eigenvalue weighted by atomic mass is 19.4. The Labute approximate surface area is 253 Å². The lowest BCUT2D eigenvalue weighted by molar-refractivity contribution is -0.192. The van der Waals surface area contributed by atoms with Crippen molar-refractivity contribution in [3.05, 3.63) is 109 Å². The highest BCUT2D eigenvalue weighted by molar-refractivity contribution is 5.97. The van der Waals surface area contributed by atoms with Gasteiger partial charge in [0.05, 0.1) is 18.3 Å². The number of benzene rings is 3. The minimum absolute atomic E-state index is 0.0489. The molecule has 0 aliphatic heterocycles. The molecule has 1 amide bonds. The van der Waals surface area contributed by atoms with Crippen molar-refractivity contribution >= 4 is 39.8 Å². The van der Waals surface area contributed by atoms with E-state index in [1.54, 1.807) is 6.20 Å². The molecule has 44 heavy (non-hydrogen) atoms. The monoisotopic (exact) mass is 602 g/mol. The number of aromatic nitrogens is 2. The highest BCUT2D eigenvalue weighted by Gasteiger charge is 2.38. The Bertz CT molecular complexity index is 1740. The molecule has 0 atom stereocenters. The van der Waals surface area contributed by atoms with Crippen LogP contribution in [0.3, 0.4) is 0 Å². The molecule has 7 nitrogen and oxygen atoms in total. The second-order valence-corrected chi connectivity index (χ2v) is 11.2. The van der Waals surface area contributed by atoms with Gasteiger partial charge in [-0.3, -0.25) is 9.78 Å². The zero-order valence-electron chi connectivity index (χ0n) is 24.7. The number of anilines is 3. The second kappa shape index (κ2) is 13.0. The summed E-state index contributed by atoms with van der Waals surface area (Å²) in [5.74, 6) is -2.81. The van der Waals surface area contributed by atoms with E-state index in [2.05, 4.69) is 77.4 Å². The Morgan fingerprint density at radius 1 is 0.955 bits per heavy atom. The van der Waals surface area contributed by atoms with Crippen molar-refractivity contribution in [3.63, 3.8) is 0 Å². The molecule has 228 valence electrons. The fourth-order valence-corrected chi connectivity index (χ4v) is 4.63. The zero-order chi connectivity index (χ0) is 32.1. The maximum Gasteiger partial charge on any atom is 0.490 e. The first-order valence-electron chi connectivity index (χ1n) is 13.8. The summed E-state index contributed by atoms with van der Waals surface area (Å²) < 4.78 is 31.7. The number of pyridine rings is 1. The van der Waals surface area contributed by atoms with E-state index < -0.39 is 12.1 Å². The number of carbonyl (C=O) groups excluding carboxylic acids is 1. The fraction of sp³-hybridized carbons (Fsp3) is 0.206. The van der Waals surface area contributed by atoms with Gasteiger partial charge in [0, 0.05) is 47.3 Å². The average molecular weight is 603 g/mol. The number of carbonyl (C=O) groups is 2. The van der Waals surface area contributed by atoms with Crippen LogP contribution in [0.4, 0.5) is 30.2 Å². The van der Waals surface area contributed by atoms with Crippen LogP contribution in [0.2, 0.25) is 0 Å². The molecular weight excluding hydrogens is 569 g/mol. The zero-order valence-corrected chi connectivity index (χ0v) is 24.7. The molecule has 5 aromatic rings. The van der Waals surface area contributed by atoms with E-state index in [0.29, 0.717) is 6.42 Å². The summed E-state index contributed by atoms with van der Waals surface area (Å²) in [5, 5.41) is 11.3. The number of carboxylic acid groups (broad SMARTS) is 1. The number of hydrogen-bond donors (Lipinski definition) is 3. The first-order chi connectivity index (χ1) is 20.7. The average Bonchev–Trinajstić information content (AvgIpc) is 3.39. The SMILES string of the molecule is CN(c1cccnc1)c1ccc(NC(=O)Cc2c[nH]c3ccccc23)cc1-c1ccc(C(C)(C)C)cc1.O=C(O)C(F)(F)F. The van der Waals surface area contributed by atoms with Crippen LogP contribution < -0.4 is 10.2 Å². The van der Waals surface area contributed by atoms with Gasteiger partial charge in [-0.2, -0.15) is 13.2 Å². The van der Waals surface area contributed by atoms with Crippen LogP contribution in [-0.4, -0.2) is 40.2 Å². The second-order valence-electron chi connectivity index (χ2n) is 11.2. The molecule has 3 N–H and O–H groups in total. The normalized spacial score (nSPS) is 11.4. The van der Waals surface area contributed by atoms with E-state index in [1.165, 1.54) is 5.56 Å². The third kappa shape index (κ3) is 7.83. The van der Waals surface area contributed by atoms with Crippen molar-refractivity contribution < 1.29 is 27.9 Å². The van der Waals surface area contributed by atoms with Gasteiger partial charge in [0.2, 0.25) is 5.91 Å². The van der Waals surface area contributed by atoms with E-state index in [4.69, 9.17) is 9.90 Å². The van der Waals surface area contributed by atoms with Crippen LogP contribution in [0.5, 0.6) is 0 Å². The Balaban J connectivity index is 0.000000566. The summed E-state index contributed by atoms with van der Waals surface area (Å²) in [7, 11) is 2.04. The Kier molecular flexibility index (Phi) is 9.42. The lowest BCUT2D eigenvalue weighted by Gasteiger charge is -2.24. The van der Waals surface area contributed by atoms with E-state index in [9.17, 15) is 18.0 Å². The molecule has 0 saturated heterocycles. The van der Waals surface area contributed by atoms with Gasteiger partial charge in [-0.15, -0.1) is 0 Å². The summed E-state index contributed by atoms with van der Waals surface area (Å²) in [6, 6.07) is 26.8. The maximum atomic E-state index is 13.0. The molecule has 0 aliphatic rings. The molecule has 2 heterocycles. The number of para-hydroxylation sites is 1. The Morgan fingerprint density at radius 2 is 1.64 bits per heavy atom. The van der Waals surface area contributed by atoms with Crippen molar-refractivity contribution in [1.82, 2.24) is 9.97 Å². The Hall–Kier alpha value is -5.12. The molecule has 0 saturated carbocycles. The quantitative estimate of drug-likeness (QED) is 0.182. The summed E-state index contributed by atoms with van der Waals surface area (Å²) in [6.07, 6.45) is 0.758. The molecule has 0 spiro atoms. The molecule has 0 unspecified atom stereocenters. The standard InChI is InChI=1S/C32H32N4O.C2HF3O2/c1-32(2,3)24-13-11-22(12-14-24)28-19-25(15-16-30(28)36(4)26-8-7-17-33-21-26)35-31(37)18-23-20-34-29-10-6-5-9-27(23)29;3-2(4,5)1(6)7/h5-17,19-21,34H,18H2,1-4H3,(H,35,37);(H,6,7). The lowest BCUT2D eigenvalue weighted by atomic mass is 9.86. The summed E-state index contributed by atoms with van der Waals surface area (Å²) in [6.45, 7) is 6.65. The molecule has 0 bridgehead atoms. The summed E-state index contributed by atoms with van der Waals surface area (Å²) >= 11 is 0. The molecule has 5 rings (SSSR count). The van der Waals surface area contributed by atoms with Gasteiger partial charge in [0.15, 0.2) is 0 Å². The predicted molar refractivity (Wildman–Crippen MR) is 167 cm³/mol. The van der Waals surface area contributed by atoms with Gasteiger partial charge in [-0.25, -0.2) is 4.79 Å². The fourth-order valence-electron chi connectivity index (χ4n) is 4.63. The van der Waals surface area contributed by atoms with Crippen LogP contribution in [0.1, 0.15) is 31.9 Å². The van der Waals surface area contributed by atoms with Gasteiger partial charge in [-0.1, -0.05) is 63.2 Å².